The lowest BCUT2D eigenvalue weighted by Crippen LogP contribution is -2.51. The Balaban J connectivity index is 2.27. The number of aromatic nitrogens is 1. The summed E-state index contributed by atoms with van der Waals surface area (Å²) in [5.41, 5.74) is 0.799. The van der Waals surface area contributed by atoms with Crippen LogP contribution in [-0.4, -0.2) is 29.9 Å². The summed E-state index contributed by atoms with van der Waals surface area (Å²) in [6.45, 7) is 0.378. The molecule has 1 aromatic rings. The van der Waals surface area contributed by atoms with Gasteiger partial charge >= 0.3 is 0 Å². The van der Waals surface area contributed by atoms with Gasteiger partial charge in [0.15, 0.2) is 0 Å². The fourth-order valence-corrected chi connectivity index (χ4v) is 1.93. The molecule has 0 atom stereocenters. The van der Waals surface area contributed by atoms with Gasteiger partial charge in [0.05, 0.1) is 23.2 Å². The first-order valence-electron chi connectivity index (χ1n) is 4.34. The summed E-state index contributed by atoms with van der Waals surface area (Å²) >= 11 is 3.32. The van der Waals surface area contributed by atoms with Crippen LogP contribution in [0.1, 0.15) is 0 Å². The van der Waals surface area contributed by atoms with Gasteiger partial charge in [0.1, 0.15) is 0 Å². The Labute approximate surface area is 94.6 Å². The van der Waals surface area contributed by atoms with E-state index < -0.39 is 0 Å². The van der Waals surface area contributed by atoms with Crippen LogP contribution in [-0.2, 0) is 9.59 Å². The maximum Gasteiger partial charge on any atom is 0.246 e. The molecule has 2 amide bonds. The van der Waals surface area contributed by atoms with Crippen LogP contribution in [0.25, 0.3) is 0 Å². The Morgan fingerprint density at radius 3 is 2.60 bits per heavy atom. The number of anilines is 1. The molecule has 0 radical (unpaired) electrons. The van der Waals surface area contributed by atoms with E-state index in [9.17, 15) is 9.59 Å². The monoisotopic (exact) mass is 269 g/mol. The summed E-state index contributed by atoms with van der Waals surface area (Å²) in [7, 11) is 0. The zero-order chi connectivity index (χ0) is 10.8. The quantitative estimate of drug-likeness (QED) is 0.746. The van der Waals surface area contributed by atoms with Crippen LogP contribution in [0.5, 0.6) is 0 Å². The molecule has 78 valence electrons. The van der Waals surface area contributed by atoms with Crippen molar-refractivity contribution in [1.29, 1.82) is 0 Å². The van der Waals surface area contributed by atoms with Crippen molar-refractivity contribution in [3.63, 3.8) is 0 Å². The number of hydrogen-bond donors (Lipinski definition) is 1. The zero-order valence-corrected chi connectivity index (χ0v) is 9.32. The van der Waals surface area contributed by atoms with Crippen LogP contribution >= 0.6 is 15.9 Å². The summed E-state index contributed by atoms with van der Waals surface area (Å²) in [6.07, 6.45) is 3.25. The normalized spacial score (nSPS) is 16.5. The first kappa shape index (κ1) is 10.1. The Morgan fingerprint density at radius 2 is 2.00 bits per heavy atom. The first-order valence-corrected chi connectivity index (χ1v) is 5.13. The molecule has 1 saturated heterocycles. The maximum atomic E-state index is 11.2. The summed E-state index contributed by atoms with van der Waals surface area (Å²) in [5, 5.41) is 2.25. The van der Waals surface area contributed by atoms with E-state index in [0.29, 0.717) is 0 Å². The number of imide groups is 1. The number of rotatable bonds is 1. The van der Waals surface area contributed by atoms with Gasteiger partial charge in [0.25, 0.3) is 0 Å². The molecular formula is C9H8BrN3O2. The summed E-state index contributed by atoms with van der Waals surface area (Å²) in [6, 6.07) is 1.76. The van der Waals surface area contributed by atoms with Crippen molar-refractivity contribution in [3.8, 4) is 0 Å². The molecule has 1 aliphatic rings. The van der Waals surface area contributed by atoms with Crippen molar-refractivity contribution in [2.75, 3.05) is 18.0 Å². The molecule has 6 heteroatoms. The van der Waals surface area contributed by atoms with Gasteiger partial charge in [-0.3, -0.25) is 19.9 Å². The van der Waals surface area contributed by atoms with Crippen LogP contribution in [0.2, 0.25) is 0 Å². The van der Waals surface area contributed by atoms with Gasteiger partial charge in [-0.1, -0.05) is 0 Å². The second kappa shape index (κ2) is 3.98. The van der Waals surface area contributed by atoms with E-state index in [2.05, 4.69) is 26.2 Å². The van der Waals surface area contributed by atoms with Crippen LogP contribution < -0.4 is 10.2 Å². The summed E-state index contributed by atoms with van der Waals surface area (Å²) in [5.74, 6) is -0.565. The average Bonchev–Trinajstić information content (AvgIpc) is 2.16. The van der Waals surface area contributed by atoms with Gasteiger partial charge in [-0.2, -0.15) is 0 Å². The van der Waals surface area contributed by atoms with E-state index in [4.69, 9.17) is 0 Å². The van der Waals surface area contributed by atoms with Crippen molar-refractivity contribution in [3.05, 3.63) is 22.9 Å². The van der Waals surface area contributed by atoms with E-state index in [1.165, 1.54) is 0 Å². The van der Waals surface area contributed by atoms with E-state index >= 15 is 0 Å². The van der Waals surface area contributed by atoms with E-state index in [-0.39, 0.29) is 24.9 Å². The molecule has 0 bridgehead atoms. The predicted molar refractivity (Wildman–Crippen MR) is 57.3 cm³/mol. The second-order valence-corrected chi connectivity index (χ2v) is 4.01. The highest BCUT2D eigenvalue weighted by Gasteiger charge is 2.23. The number of halogens is 1. The third-order valence-corrected chi connectivity index (χ3v) is 2.65. The number of carbonyl (C=O) groups excluding carboxylic acids is 2. The highest BCUT2D eigenvalue weighted by atomic mass is 79.9. The Kier molecular flexibility index (Phi) is 2.68. The minimum absolute atomic E-state index is 0.189. The molecule has 0 unspecified atom stereocenters. The van der Waals surface area contributed by atoms with Crippen LogP contribution in [0, 0.1) is 0 Å². The van der Waals surface area contributed by atoms with Crippen molar-refractivity contribution >= 4 is 33.4 Å². The summed E-state index contributed by atoms with van der Waals surface area (Å²) < 4.78 is 0.771. The minimum Gasteiger partial charge on any atom is -0.352 e. The number of hydrogen-bond acceptors (Lipinski definition) is 4. The standard InChI is InChI=1S/C9H8BrN3O2/c10-6-3-11-2-1-7(6)13-4-8(14)12-9(15)5-13/h1-3H,4-5H2,(H,12,14,15). The number of amides is 2. The van der Waals surface area contributed by atoms with Gasteiger partial charge in [-0.05, 0) is 22.0 Å². The Hall–Kier alpha value is -1.43. The number of carbonyl (C=O) groups is 2. The zero-order valence-electron chi connectivity index (χ0n) is 7.74. The number of nitrogens with zero attached hydrogens (tertiary/aromatic N) is 2. The smallest absolute Gasteiger partial charge is 0.246 e. The number of pyridine rings is 1. The third kappa shape index (κ3) is 2.15. The van der Waals surface area contributed by atoms with Crippen LogP contribution in [0.4, 0.5) is 5.69 Å². The summed E-state index contributed by atoms with van der Waals surface area (Å²) in [4.78, 5) is 27.9. The number of nitrogens with one attached hydrogen (secondary N) is 1. The predicted octanol–water partition coefficient (Wildman–Crippen LogP) is 0.307. The average molecular weight is 270 g/mol. The molecule has 1 aliphatic heterocycles. The van der Waals surface area contributed by atoms with Gasteiger partial charge in [0.2, 0.25) is 11.8 Å². The highest BCUT2D eigenvalue weighted by molar-refractivity contribution is 9.10. The lowest BCUT2D eigenvalue weighted by atomic mass is 10.3. The molecule has 5 nitrogen and oxygen atoms in total. The fraction of sp³-hybridized carbons (Fsp3) is 0.222. The highest BCUT2D eigenvalue weighted by Crippen LogP contribution is 2.24. The first-order chi connectivity index (χ1) is 7.16. The van der Waals surface area contributed by atoms with Gasteiger partial charge in [-0.15, -0.1) is 0 Å². The molecule has 1 N–H and O–H groups in total. The molecule has 15 heavy (non-hydrogen) atoms. The molecule has 0 aromatic carbocycles. The van der Waals surface area contributed by atoms with Gasteiger partial charge in [0, 0.05) is 12.4 Å². The second-order valence-electron chi connectivity index (χ2n) is 3.15. The molecule has 0 saturated carbocycles. The van der Waals surface area contributed by atoms with E-state index in [1.807, 2.05) is 0 Å². The maximum absolute atomic E-state index is 11.2. The third-order valence-electron chi connectivity index (χ3n) is 2.04. The van der Waals surface area contributed by atoms with E-state index in [0.717, 1.165) is 10.2 Å². The molecule has 0 aliphatic carbocycles. The van der Waals surface area contributed by atoms with Crippen molar-refractivity contribution < 1.29 is 9.59 Å². The lowest BCUT2D eigenvalue weighted by molar-refractivity contribution is -0.130. The van der Waals surface area contributed by atoms with Crippen LogP contribution in [0.15, 0.2) is 22.9 Å². The molecule has 2 rings (SSSR count). The van der Waals surface area contributed by atoms with Crippen molar-refractivity contribution in [2.45, 2.75) is 0 Å². The minimum atomic E-state index is -0.282. The van der Waals surface area contributed by atoms with Crippen molar-refractivity contribution in [1.82, 2.24) is 10.3 Å². The molecular weight excluding hydrogens is 262 g/mol. The Morgan fingerprint density at radius 1 is 1.33 bits per heavy atom. The number of piperazine rings is 1. The molecule has 1 fully saturated rings. The molecule has 1 aromatic heterocycles. The lowest BCUT2D eigenvalue weighted by Gasteiger charge is -2.27. The van der Waals surface area contributed by atoms with Gasteiger partial charge in [-0.25, -0.2) is 0 Å². The Bertz CT molecular complexity index is 406. The van der Waals surface area contributed by atoms with E-state index in [1.54, 1.807) is 23.4 Å². The largest absolute Gasteiger partial charge is 0.352 e. The van der Waals surface area contributed by atoms with Crippen molar-refractivity contribution in [2.24, 2.45) is 0 Å². The topological polar surface area (TPSA) is 62.3 Å². The SMILES string of the molecule is O=C1CN(c2ccncc2Br)CC(=O)N1. The van der Waals surface area contributed by atoms with Crippen LogP contribution in [0.3, 0.4) is 0 Å². The molecule has 2 heterocycles. The molecule has 0 spiro atoms. The fourth-order valence-electron chi connectivity index (χ4n) is 1.43. The van der Waals surface area contributed by atoms with Gasteiger partial charge < -0.3 is 4.90 Å².